The van der Waals surface area contributed by atoms with Crippen molar-refractivity contribution >= 4 is 5.82 Å². The summed E-state index contributed by atoms with van der Waals surface area (Å²) in [7, 11) is 4.01. The Balaban J connectivity index is 1.84. The molecule has 0 fully saturated rings. The molecule has 22 heavy (non-hydrogen) atoms. The van der Waals surface area contributed by atoms with E-state index in [2.05, 4.69) is 20.9 Å². The Hall–Kier alpha value is -2.45. The van der Waals surface area contributed by atoms with E-state index in [1.165, 1.54) is 5.56 Å². The fourth-order valence-corrected chi connectivity index (χ4v) is 2.91. The summed E-state index contributed by atoms with van der Waals surface area (Å²) in [4.78, 5) is 13.2. The zero-order chi connectivity index (χ0) is 15.5. The average molecular weight is 293 g/mol. The SMILES string of the molecule is CN(C)c1ncnc2c1CN(Cc1ccccc1C#N)CC2. The molecule has 5 nitrogen and oxygen atoms in total. The second kappa shape index (κ2) is 6.12. The van der Waals surface area contributed by atoms with Gasteiger partial charge in [-0.3, -0.25) is 4.90 Å². The molecule has 2 heterocycles. The van der Waals surface area contributed by atoms with Crippen LogP contribution in [0.5, 0.6) is 0 Å². The zero-order valence-corrected chi connectivity index (χ0v) is 13.0. The quantitative estimate of drug-likeness (QED) is 0.866. The van der Waals surface area contributed by atoms with Crippen molar-refractivity contribution in [3.8, 4) is 6.07 Å². The Morgan fingerprint density at radius 2 is 2.09 bits per heavy atom. The fourth-order valence-electron chi connectivity index (χ4n) is 2.91. The normalized spacial score (nSPS) is 14.2. The van der Waals surface area contributed by atoms with Crippen molar-refractivity contribution in [1.29, 1.82) is 5.26 Å². The van der Waals surface area contributed by atoms with Gasteiger partial charge in [0.25, 0.3) is 0 Å². The molecule has 1 aliphatic rings. The van der Waals surface area contributed by atoms with Gasteiger partial charge in [0.1, 0.15) is 12.1 Å². The maximum Gasteiger partial charge on any atom is 0.136 e. The highest BCUT2D eigenvalue weighted by Crippen LogP contribution is 2.25. The van der Waals surface area contributed by atoms with Crippen LogP contribution in [0.25, 0.3) is 0 Å². The Kier molecular flexibility index (Phi) is 4.03. The number of anilines is 1. The van der Waals surface area contributed by atoms with Gasteiger partial charge in [0.15, 0.2) is 0 Å². The topological polar surface area (TPSA) is 56.1 Å². The Bertz CT molecular complexity index is 717. The van der Waals surface area contributed by atoms with Gasteiger partial charge in [-0.1, -0.05) is 18.2 Å². The highest BCUT2D eigenvalue weighted by Gasteiger charge is 2.22. The van der Waals surface area contributed by atoms with E-state index < -0.39 is 0 Å². The van der Waals surface area contributed by atoms with Crippen molar-refractivity contribution < 1.29 is 0 Å². The van der Waals surface area contributed by atoms with Crippen LogP contribution in [-0.4, -0.2) is 35.5 Å². The predicted molar refractivity (Wildman–Crippen MR) is 85.3 cm³/mol. The average Bonchev–Trinajstić information content (AvgIpc) is 2.54. The first kappa shape index (κ1) is 14.5. The lowest BCUT2D eigenvalue weighted by molar-refractivity contribution is 0.243. The van der Waals surface area contributed by atoms with Crippen LogP contribution in [0.2, 0.25) is 0 Å². The van der Waals surface area contributed by atoms with Crippen LogP contribution in [-0.2, 0) is 19.5 Å². The molecule has 0 unspecified atom stereocenters. The van der Waals surface area contributed by atoms with Gasteiger partial charge in [-0.15, -0.1) is 0 Å². The van der Waals surface area contributed by atoms with Crippen molar-refractivity contribution in [2.45, 2.75) is 19.5 Å². The maximum absolute atomic E-state index is 9.23. The minimum absolute atomic E-state index is 0.755. The molecular weight excluding hydrogens is 274 g/mol. The van der Waals surface area contributed by atoms with Gasteiger partial charge in [-0.05, 0) is 11.6 Å². The van der Waals surface area contributed by atoms with Gasteiger partial charge in [0.2, 0.25) is 0 Å². The minimum atomic E-state index is 0.755. The van der Waals surface area contributed by atoms with Crippen molar-refractivity contribution in [3.05, 3.63) is 53.0 Å². The second-order valence-corrected chi connectivity index (χ2v) is 5.75. The summed E-state index contributed by atoms with van der Waals surface area (Å²) < 4.78 is 0. The molecule has 0 amide bonds. The minimum Gasteiger partial charge on any atom is -0.362 e. The largest absolute Gasteiger partial charge is 0.362 e. The van der Waals surface area contributed by atoms with Crippen molar-refractivity contribution in [2.24, 2.45) is 0 Å². The first-order valence-corrected chi connectivity index (χ1v) is 7.39. The number of aromatic nitrogens is 2. The molecular formula is C17H19N5. The number of hydrogen-bond donors (Lipinski definition) is 0. The number of benzene rings is 1. The highest BCUT2D eigenvalue weighted by atomic mass is 15.2. The van der Waals surface area contributed by atoms with Crippen molar-refractivity contribution in [1.82, 2.24) is 14.9 Å². The van der Waals surface area contributed by atoms with Crippen LogP contribution in [0, 0.1) is 11.3 Å². The van der Waals surface area contributed by atoms with Crippen LogP contribution in [0.15, 0.2) is 30.6 Å². The Morgan fingerprint density at radius 3 is 2.86 bits per heavy atom. The summed E-state index contributed by atoms with van der Waals surface area (Å²) in [5.74, 6) is 0.989. The second-order valence-electron chi connectivity index (χ2n) is 5.75. The van der Waals surface area contributed by atoms with Gasteiger partial charge in [0.05, 0.1) is 17.3 Å². The van der Waals surface area contributed by atoms with E-state index in [4.69, 9.17) is 0 Å². The lowest BCUT2D eigenvalue weighted by atomic mass is 10.0. The van der Waals surface area contributed by atoms with E-state index in [1.807, 2.05) is 43.3 Å². The van der Waals surface area contributed by atoms with Crippen LogP contribution in [0.3, 0.4) is 0 Å². The number of hydrogen-bond acceptors (Lipinski definition) is 5. The summed E-state index contributed by atoms with van der Waals surface area (Å²) >= 11 is 0. The molecule has 0 radical (unpaired) electrons. The number of nitrogens with zero attached hydrogens (tertiary/aromatic N) is 5. The smallest absolute Gasteiger partial charge is 0.136 e. The highest BCUT2D eigenvalue weighted by molar-refractivity contribution is 5.48. The van der Waals surface area contributed by atoms with E-state index in [0.717, 1.165) is 48.7 Å². The molecule has 0 N–H and O–H groups in total. The summed E-state index contributed by atoms with van der Waals surface area (Å²) in [5, 5.41) is 9.23. The lowest BCUT2D eigenvalue weighted by Crippen LogP contribution is -2.32. The van der Waals surface area contributed by atoms with Gasteiger partial charge < -0.3 is 4.90 Å². The van der Waals surface area contributed by atoms with Crippen molar-refractivity contribution in [3.63, 3.8) is 0 Å². The summed E-state index contributed by atoms with van der Waals surface area (Å²) in [6.45, 7) is 2.56. The fraction of sp³-hybridized carbons (Fsp3) is 0.353. The first-order valence-electron chi connectivity index (χ1n) is 7.39. The molecule has 3 rings (SSSR count). The monoisotopic (exact) mass is 293 g/mol. The number of rotatable bonds is 3. The van der Waals surface area contributed by atoms with Crippen LogP contribution in [0.4, 0.5) is 5.82 Å². The third kappa shape index (κ3) is 2.78. The summed E-state index contributed by atoms with van der Waals surface area (Å²) in [6.07, 6.45) is 2.57. The molecule has 0 atom stereocenters. The molecule has 2 aromatic rings. The van der Waals surface area contributed by atoms with E-state index >= 15 is 0 Å². The lowest BCUT2D eigenvalue weighted by Gasteiger charge is -2.30. The predicted octanol–water partition coefficient (Wildman–Crippen LogP) is 1.97. The van der Waals surface area contributed by atoms with Gasteiger partial charge >= 0.3 is 0 Å². The van der Waals surface area contributed by atoms with Crippen molar-refractivity contribution in [2.75, 3.05) is 25.5 Å². The summed E-state index contributed by atoms with van der Waals surface area (Å²) in [5.41, 5.74) is 4.18. The van der Waals surface area contributed by atoms with Gasteiger partial charge in [-0.25, -0.2) is 9.97 Å². The van der Waals surface area contributed by atoms with Crippen LogP contribution >= 0.6 is 0 Å². The molecule has 1 aromatic carbocycles. The molecule has 0 saturated heterocycles. The van der Waals surface area contributed by atoms with E-state index in [-0.39, 0.29) is 0 Å². The van der Waals surface area contributed by atoms with E-state index in [9.17, 15) is 5.26 Å². The molecule has 5 heteroatoms. The molecule has 1 aromatic heterocycles. The first-order chi connectivity index (χ1) is 10.7. The molecule has 112 valence electrons. The van der Waals surface area contributed by atoms with E-state index in [0.29, 0.717) is 0 Å². The molecule has 1 aliphatic heterocycles. The molecule has 0 saturated carbocycles. The standard InChI is InChI=1S/C17H19N5/c1-21(2)17-15-11-22(8-7-16(15)19-12-20-17)10-14-6-4-3-5-13(14)9-18/h3-6,12H,7-8,10-11H2,1-2H3. The zero-order valence-electron chi connectivity index (χ0n) is 13.0. The van der Waals surface area contributed by atoms with Gasteiger partial charge in [-0.2, -0.15) is 5.26 Å². The number of fused-ring (bicyclic) bond motifs is 1. The third-order valence-electron chi connectivity index (χ3n) is 4.01. The van der Waals surface area contributed by atoms with Gasteiger partial charge in [0, 0.05) is 45.7 Å². The maximum atomic E-state index is 9.23. The Labute approximate surface area is 130 Å². The summed E-state index contributed by atoms with van der Waals surface area (Å²) in [6, 6.07) is 10.1. The molecule has 0 spiro atoms. The van der Waals surface area contributed by atoms with E-state index in [1.54, 1.807) is 6.33 Å². The molecule has 0 aliphatic carbocycles. The van der Waals surface area contributed by atoms with Crippen LogP contribution in [0.1, 0.15) is 22.4 Å². The third-order valence-corrected chi connectivity index (χ3v) is 4.01. The molecule has 0 bridgehead atoms. The number of nitriles is 1. The van der Waals surface area contributed by atoms with Crippen LogP contribution < -0.4 is 4.90 Å². The Morgan fingerprint density at radius 1 is 1.27 bits per heavy atom.